The minimum atomic E-state index is -0.353. The van der Waals surface area contributed by atoms with Gasteiger partial charge in [0.1, 0.15) is 12.3 Å². The number of methoxy groups -OCH3 is 3. The molecule has 0 saturated carbocycles. The molecule has 3 rings (SSSR count). The van der Waals surface area contributed by atoms with Gasteiger partial charge in [-0.1, -0.05) is 6.07 Å². The molecular formula is C22H23N3O5. The lowest BCUT2D eigenvalue weighted by molar-refractivity contribution is -0.122. The summed E-state index contributed by atoms with van der Waals surface area (Å²) in [7, 11) is 4.70. The van der Waals surface area contributed by atoms with Gasteiger partial charge in [0.25, 0.3) is 5.56 Å². The fraction of sp³-hybridized carbons (Fsp3) is 0.227. The van der Waals surface area contributed by atoms with Gasteiger partial charge in [-0.3, -0.25) is 9.59 Å². The zero-order valence-corrected chi connectivity index (χ0v) is 17.0. The minimum Gasteiger partial charge on any atom is -0.497 e. The van der Waals surface area contributed by atoms with Crippen LogP contribution in [0, 0.1) is 0 Å². The van der Waals surface area contributed by atoms with E-state index in [1.54, 1.807) is 39.5 Å². The second-order valence-corrected chi connectivity index (χ2v) is 6.41. The number of carbonyl (C=O) groups excluding carboxylic acids is 1. The van der Waals surface area contributed by atoms with Crippen LogP contribution in [0.5, 0.6) is 17.2 Å². The van der Waals surface area contributed by atoms with Crippen molar-refractivity contribution in [2.75, 3.05) is 21.3 Å². The molecule has 1 heterocycles. The second kappa shape index (κ2) is 9.60. The highest BCUT2D eigenvalue weighted by Gasteiger charge is 2.10. The maximum Gasteiger partial charge on any atom is 0.267 e. The molecule has 0 unspecified atom stereocenters. The Morgan fingerprint density at radius 2 is 1.67 bits per heavy atom. The first kappa shape index (κ1) is 20.9. The molecule has 0 radical (unpaired) electrons. The Morgan fingerprint density at radius 3 is 2.33 bits per heavy atom. The number of benzene rings is 2. The van der Waals surface area contributed by atoms with Crippen molar-refractivity contribution in [2.24, 2.45) is 0 Å². The van der Waals surface area contributed by atoms with Crippen LogP contribution in [0.25, 0.3) is 11.3 Å². The molecule has 2 aromatic carbocycles. The smallest absolute Gasteiger partial charge is 0.267 e. The van der Waals surface area contributed by atoms with Gasteiger partial charge in [-0.15, -0.1) is 0 Å². The van der Waals surface area contributed by atoms with Gasteiger partial charge in [-0.05, 0) is 48.0 Å². The SMILES string of the molecule is COc1ccc(-c2ccc(=O)n(CC(=O)NCc3ccc(OC)c(OC)c3)n2)cc1. The predicted molar refractivity (Wildman–Crippen MR) is 112 cm³/mol. The van der Waals surface area contributed by atoms with Crippen LogP contribution in [0.4, 0.5) is 0 Å². The number of ether oxygens (including phenoxy) is 3. The third-order valence-corrected chi connectivity index (χ3v) is 4.48. The van der Waals surface area contributed by atoms with Crippen molar-refractivity contribution in [3.63, 3.8) is 0 Å². The van der Waals surface area contributed by atoms with Gasteiger partial charge >= 0.3 is 0 Å². The fourth-order valence-corrected chi connectivity index (χ4v) is 2.86. The number of carbonyl (C=O) groups is 1. The van der Waals surface area contributed by atoms with Crippen LogP contribution in [0.15, 0.2) is 59.4 Å². The normalized spacial score (nSPS) is 10.4. The van der Waals surface area contributed by atoms with E-state index < -0.39 is 0 Å². The van der Waals surface area contributed by atoms with Crippen LogP contribution in [-0.2, 0) is 17.9 Å². The molecule has 0 saturated heterocycles. The lowest BCUT2D eigenvalue weighted by Gasteiger charge is -2.11. The lowest BCUT2D eigenvalue weighted by atomic mass is 10.1. The molecule has 0 aliphatic rings. The lowest BCUT2D eigenvalue weighted by Crippen LogP contribution is -2.33. The van der Waals surface area contributed by atoms with Crippen molar-refractivity contribution in [3.05, 3.63) is 70.5 Å². The van der Waals surface area contributed by atoms with Crippen LogP contribution in [0.3, 0.4) is 0 Å². The van der Waals surface area contributed by atoms with E-state index in [0.29, 0.717) is 17.2 Å². The van der Waals surface area contributed by atoms with Crippen LogP contribution in [-0.4, -0.2) is 37.0 Å². The van der Waals surface area contributed by atoms with Gasteiger partial charge in [-0.2, -0.15) is 5.10 Å². The molecule has 156 valence electrons. The maximum absolute atomic E-state index is 12.4. The van der Waals surface area contributed by atoms with Crippen molar-refractivity contribution in [1.29, 1.82) is 0 Å². The number of hydrogen-bond acceptors (Lipinski definition) is 6. The molecule has 0 aliphatic carbocycles. The number of amides is 1. The van der Waals surface area contributed by atoms with Gasteiger partial charge in [0, 0.05) is 18.2 Å². The van der Waals surface area contributed by atoms with E-state index in [1.165, 1.54) is 6.07 Å². The summed E-state index contributed by atoms with van der Waals surface area (Å²) < 4.78 is 16.8. The summed E-state index contributed by atoms with van der Waals surface area (Å²) in [4.78, 5) is 24.5. The summed E-state index contributed by atoms with van der Waals surface area (Å²) in [6.45, 7) is 0.0994. The molecule has 0 fully saturated rings. The van der Waals surface area contributed by atoms with Crippen molar-refractivity contribution in [1.82, 2.24) is 15.1 Å². The Balaban J connectivity index is 1.68. The third kappa shape index (κ3) is 4.96. The summed E-state index contributed by atoms with van der Waals surface area (Å²) in [6.07, 6.45) is 0. The highest BCUT2D eigenvalue weighted by atomic mass is 16.5. The maximum atomic E-state index is 12.4. The quantitative estimate of drug-likeness (QED) is 0.614. The summed E-state index contributed by atoms with van der Waals surface area (Å²) in [5.41, 5.74) is 1.89. The van der Waals surface area contributed by atoms with Gasteiger partial charge < -0.3 is 19.5 Å². The fourth-order valence-electron chi connectivity index (χ4n) is 2.86. The molecule has 1 N–H and O–H groups in total. The average molecular weight is 409 g/mol. The molecule has 30 heavy (non-hydrogen) atoms. The van der Waals surface area contributed by atoms with Gasteiger partial charge in [0.2, 0.25) is 5.91 Å². The van der Waals surface area contributed by atoms with Crippen molar-refractivity contribution in [3.8, 4) is 28.5 Å². The number of aromatic nitrogens is 2. The first-order valence-corrected chi connectivity index (χ1v) is 9.24. The van der Waals surface area contributed by atoms with Gasteiger partial charge in [0.15, 0.2) is 11.5 Å². The zero-order valence-electron chi connectivity index (χ0n) is 17.0. The molecule has 1 aromatic heterocycles. The molecule has 0 spiro atoms. The Morgan fingerprint density at radius 1 is 0.933 bits per heavy atom. The first-order chi connectivity index (χ1) is 14.5. The highest BCUT2D eigenvalue weighted by molar-refractivity contribution is 5.75. The molecule has 0 aliphatic heterocycles. The topological polar surface area (TPSA) is 91.7 Å². The van der Waals surface area contributed by atoms with Crippen LogP contribution >= 0.6 is 0 Å². The van der Waals surface area contributed by atoms with Crippen molar-refractivity contribution < 1.29 is 19.0 Å². The highest BCUT2D eigenvalue weighted by Crippen LogP contribution is 2.27. The number of nitrogens with one attached hydrogen (secondary N) is 1. The van der Waals surface area contributed by atoms with E-state index >= 15 is 0 Å². The largest absolute Gasteiger partial charge is 0.497 e. The zero-order chi connectivity index (χ0) is 21.5. The number of nitrogens with zero attached hydrogens (tertiary/aromatic N) is 2. The van der Waals surface area contributed by atoms with Gasteiger partial charge in [0.05, 0.1) is 27.0 Å². The summed E-state index contributed by atoms with van der Waals surface area (Å²) >= 11 is 0. The standard InChI is InChI=1S/C22H23N3O5/c1-28-17-7-5-16(6-8-17)18-9-11-22(27)25(24-18)14-21(26)23-13-15-4-10-19(29-2)20(12-15)30-3/h4-12H,13-14H2,1-3H3,(H,23,26). The van der Waals surface area contributed by atoms with Crippen LogP contribution in [0.2, 0.25) is 0 Å². The first-order valence-electron chi connectivity index (χ1n) is 9.24. The van der Waals surface area contributed by atoms with E-state index in [0.717, 1.165) is 21.6 Å². The van der Waals surface area contributed by atoms with E-state index in [2.05, 4.69) is 10.4 Å². The van der Waals surface area contributed by atoms with Crippen LogP contribution in [0.1, 0.15) is 5.56 Å². The van der Waals surface area contributed by atoms with Crippen LogP contribution < -0.4 is 25.1 Å². The molecular weight excluding hydrogens is 386 g/mol. The summed E-state index contributed by atoms with van der Waals surface area (Å²) in [5, 5.41) is 7.10. The molecule has 0 bridgehead atoms. The Labute approximate surface area is 174 Å². The van der Waals surface area contributed by atoms with E-state index in [-0.39, 0.29) is 24.6 Å². The summed E-state index contributed by atoms with van der Waals surface area (Å²) in [5.74, 6) is 1.58. The van der Waals surface area contributed by atoms with Crippen molar-refractivity contribution >= 4 is 5.91 Å². The van der Waals surface area contributed by atoms with Gasteiger partial charge in [-0.25, -0.2) is 4.68 Å². The van der Waals surface area contributed by atoms with E-state index in [1.807, 2.05) is 30.3 Å². The molecule has 8 heteroatoms. The molecule has 8 nitrogen and oxygen atoms in total. The second-order valence-electron chi connectivity index (χ2n) is 6.41. The predicted octanol–water partition coefficient (Wildman–Crippen LogP) is 2.25. The molecule has 0 atom stereocenters. The summed E-state index contributed by atoms with van der Waals surface area (Å²) in [6, 6.07) is 15.7. The Kier molecular flexibility index (Phi) is 6.69. The molecule has 3 aromatic rings. The van der Waals surface area contributed by atoms with E-state index in [9.17, 15) is 9.59 Å². The van der Waals surface area contributed by atoms with Crippen molar-refractivity contribution in [2.45, 2.75) is 13.1 Å². The monoisotopic (exact) mass is 409 g/mol. The third-order valence-electron chi connectivity index (χ3n) is 4.48. The Hall–Kier alpha value is -3.81. The Bertz CT molecular complexity index is 1080. The number of hydrogen-bond donors (Lipinski definition) is 1. The molecule has 1 amide bonds. The van der Waals surface area contributed by atoms with E-state index in [4.69, 9.17) is 14.2 Å². The number of rotatable bonds is 8. The minimum absolute atomic E-state index is 0.184. The average Bonchev–Trinajstić information content (AvgIpc) is 2.79.